The van der Waals surface area contributed by atoms with Gasteiger partial charge in [-0.05, 0) is 61.0 Å². The Balaban J connectivity index is 1.84. The zero-order chi connectivity index (χ0) is 27.2. The highest BCUT2D eigenvalue weighted by Crippen LogP contribution is 2.30. The van der Waals surface area contributed by atoms with Gasteiger partial charge in [-0.25, -0.2) is 27.1 Å². The summed E-state index contributed by atoms with van der Waals surface area (Å²) >= 11 is 5.87. The second-order valence-corrected chi connectivity index (χ2v) is 10.1. The summed E-state index contributed by atoms with van der Waals surface area (Å²) < 4.78 is 61.0. The highest BCUT2D eigenvalue weighted by Gasteiger charge is 2.32. The van der Waals surface area contributed by atoms with Gasteiger partial charge >= 0.3 is 5.97 Å². The molecule has 0 radical (unpaired) electrons. The summed E-state index contributed by atoms with van der Waals surface area (Å²) in [5.74, 6) is -2.33. The quantitative estimate of drug-likeness (QED) is 0.196. The van der Waals surface area contributed by atoms with Crippen LogP contribution in [-0.4, -0.2) is 45.6 Å². The minimum atomic E-state index is -4.40. The fourth-order valence-corrected chi connectivity index (χ4v) is 5.17. The van der Waals surface area contributed by atoms with Crippen molar-refractivity contribution in [1.82, 2.24) is 5.06 Å². The van der Waals surface area contributed by atoms with Crippen LogP contribution in [0.5, 0.6) is 0 Å². The van der Waals surface area contributed by atoms with Gasteiger partial charge < -0.3 is 4.74 Å². The van der Waals surface area contributed by atoms with E-state index in [2.05, 4.69) is 4.74 Å². The van der Waals surface area contributed by atoms with E-state index in [-0.39, 0.29) is 18.0 Å². The van der Waals surface area contributed by atoms with Gasteiger partial charge in [-0.1, -0.05) is 23.7 Å². The predicted octanol–water partition coefficient (Wildman–Crippen LogP) is 4.58. The third kappa shape index (κ3) is 6.82. The summed E-state index contributed by atoms with van der Waals surface area (Å²) in [5, 5.41) is 1.21. The molecule has 0 N–H and O–H groups in total. The Kier molecular flexibility index (Phi) is 9.19. The lowest BCUT2D eigenvalue weighted by Gasteiger charge is -2.31. The van der Waals surface area contributed by atoms with Crippen molar-refractivity contribution < 1.29 is 36.4 Å². The Labute approximate surface area is 218 Å². The van der Waals surface area contributed by atoms with Gasteiger partial charge in [0.2, 0.25) is 6.41 Å². The van der Waals surface area contributed by atoms with Gasteiger partial charge in [-0.15, -0.1) is 0 Å². The molecule has 37 heavy (non-hydrogen) atoms. The lowest BCUT2D eigenvalue weighted by atomic mass is 10.1. The monoisotopic (exact) mass is 552 g/mol. The molecule has 0 fully saturated rings. The SMILES string of the molecule is COC(=O)c1ccc(CN(C=O)OCC(C)N(c2cc(F)ccc2F)S(=O)(=O)c2ccc(Cl)cc2)cc1. The highest BCUT2D eigenvalue weighted by atomic mass is 35.5. The maximum absolute atomic E-state index is 14.7. The molecule has 3 aromatic carbocycles. The van der Waals surface area contributed by atoms with Crippen LogP contribution >= 0.6 is 11.6 Å². The Bertz CT molecular complexity index is 1350. The van der Waals surface area contributed by atoms with Crippen molar-refractivity contribution in [2.75, 3.05) is 18.0 Å². The summed E-state index contributed by atoms with van der Waals surface area (Å²) in [6, 6.07) is 12.8. The lowest BCUT2D eigenvalue weighted by molar-refractivity contribution is -0.177. The van der Waals surface area contributed by atoms with Gasteiger partial charge in [0.05, 0.1) is 42.4 Å². The van der Waals surface area contributed by atoms with E-state index in [0.717, 1.165) is 23.3 Å². The van der Waals surface area contributed by atoms with Crippen molar-refractivity contribution in [2.45, 2.75) is 24.4 Å². The van der Waals surface area contributed by atoms with Crippen molar-refractivity contribution in [1.29, 1.82) is 0 Å². The molecule has 0 aliphatic carbocycles. The van der Waals surface area contributed by atoms with E-state index in [1.807, 2.05) is 0 Å². The maximum Gasteiger partial charge on any atom is 0.337 e. The van der Waals surface area contributed by atoms with Gasteiger partial charge in [0, 0.05) is 11.1 Å². The minimum absolute atomic E-state index is 0.0318. The number of hydrogen-bond donors (Lipinski definition) is 0. The molecule has 12 heteroatoms. The average molecular weight is 553 g/mol. The van der Waals surface area contributed by atoms with Crippen molar-refractivity contribution in [2.24, 2.45) is 0 Å². The van der Waals surface area contributed by atoms with Crippen molar-refractivity contribution in [3.8, 4) is 0 Å². The molecule has 0 saturated carbocycles. The first-order valence-electron chi connectivity index (χ1n) is 10.8. The molecule has 1 unspecified atom stereocenters. The molecule has 1 atom stereocenters. The number of ether oxygens (including phenoxy) is 1. The molecule has 0 aromatic heterocycles. The lowest BCUT2D eigenvalue weighted by Crippen LogP contribution is -2.43. The fourth-order valence-electron chi connectivity index (χ4n) is 3.41. The Morgan fingerprint density at radius 1 is 1.05 bits per heavy atom. The molecule has 8 nitrogen and oxygen atoms in total. The number of benzene rings is 3. The van der Waals surface area contributed by atoms with Crippen LogP contribution in [0, 0.1) is 11.6 Å². The molecule has 1 amide bonds. The molecule has 0 heterocycles. The van der Waals surface area contributed by atoms with Gasteiger partial charge in [-0.2, -0.15) is 0 Å². The van der Waals surface area contributed by atoms with E-state index < -0.39 is 39.4 Å². The van der Waals surface area contributed by atoms with E-state index >= 15 is 0 Å². The second-order valence-electron chi connectivity index (χ2n) is 7.86. The summed E-state index contributed by atoms with van der Waals surface area (Å²) in [5.41, 5.74) is 0.398. The zero-order valence-corrected chi connectivity index (χ0v) is 21.4. The molecule has 196 valence electrons. The molecule has 0 bridgehead atoms. The molecular formula is C25H23ClF2N2O6S. The summed E-state index contributed by atoms with van der Waals surface area (Å²) in [6.45, 7) is 1.00. The number of methoxy groups -OCH3 is 1. The number of anilines is 1. The van der Waals surface area contributed by atoms with Crippen LogP contribution in [0.4, 0.5) is 14.5 Å². The van der Waals surface area contributed by atoms with Crippen molar-refractivity contribution in [3.63, 3.8) is 0 Å². The number of carbonyl (C=O) groups excluding carboxylic acids is 2. The molecular weight excluding hydrogens is 530 g/mol. The number of amides is 1. The summed E-state index contributed by atoms with van der Waals surface area (Å²) in [7, 11) is -3.15. The average Bonchev–Trinajstić information content (AvgIpc) is 2.88. The maximum atomic E-state index is 14.7. The minimum Gasteiger partial charge on any atom is -0.465 e. The van der Waals surface area contributed by atoms with Crippen LogP contribution in [0.15, 0.2) is 71.6 Å². The molecule has 0 spiro atoms. The van der Waals surface area contributed by atoms with E-state index in [4.69, 9.17) is 16.4 Å². The number of nitrogens with zero attached hydrogens (tertiary/aromatic N) is 2. The van der Waals surface area contributed by atoms with E-state index in [1.54, 1.807) is 12.1 Å². The molecule has 0 aliphatic rings. The Morgan fingerprint density at radius 2 is 1.70 bits per heavy atom. The first-order chi connectivity index (χ1) is 17.6. The normalized spacial score (nSPS) is 12.0. The zero-order valence-electron chi connectivity index (χ0n) is 19.8. The number of carbonyl (C=O) groups is 2. The largest absolute Gasteiger partial charge is 0.465 e. The first-order valence-corrected chi connectivity index (χ1v) is 12.7. The summed E-state index contributed by atoms with van der Waals surface area (Å²) in [4.78, 5) is 28.5. The molecule has 3 aromatic rings. The number of hydroxylamine groups is 2. The number of halogens is 3. The van der Waals surface area contributed by atoms with E-state index in [0.29, 0.717) is 26.9 Å². The standard InChI is InChI=1S/C25H23ClF2N2O6S/c1-17(15-36-29(16-31)14-18-3-5-19(6-4-18)25(32)35-2)30(24-13-21(27)9-12-23(24)28)37(33,34)22-10-7-20(26)8-11-22/h3-13,16-17H,14-15H2,1-2H3. The number of rotatable bonds is 11. The van der Waals surface area contributed by atoms with E-state index in [1.165, 1.54) is 50.4 Å². The Morgan fingerprint density at radius 3 is 2.30 bits per heavy atom. The third-order valence-electron chi connectivity index (χ3n) is 5.23. The topological polar surface area (TPSA) is 93.2 Å². The number of sulfonamides is 1. The smallest absolute Gasteiger partial charge is 0.337 e. The first kappa shape index (κ1) is 28.0. The fraction of sp³-hybridized carbons (Fsp3) is 0.200. The molecule has 0 saturated heterocycles. The van der Waals surface area contributed by atoms with Gasteiger partial charge in [0.1, 0.15) is 11.6 Å². The van der Waals surface area contributed by atoms with Gasteiger partial charge in [0.15, 0.2) is 0 Å². The molecule has 3 rings (SSSR count). The summed E-state index contributed by atoms with van der Waals surface area (Å²) in [6.07, 6.45) is 0.391. The van der Waals surface area contributed by atoms with Crippen LogP contribution in [0.25, 0.3) is 0 Å². The van der Waals surface area contributed by atoms with E-state index in [9.17, 15) is 26.8 Å². The van der Waals surface area contributed by atoms with Crippen LogP contribution in [0.1, 0.15) is 22.8 Å². The van der Waals surface area contributed by atoms with Crippen LogP contribution in [0.2, 0.25) is 5.02 Å². The van der Waals surface area contributed by atoms with Crippen LogP contribution in [-0.2, 0) is 30.9 Å². The van der Waals surface area contributed by atoms with Gasteiger partial charge in [0.25, 0.3) is 10.0 Å². The number of esters is 1. The molecule has 0 aliphatic heterocycles. The Hall–Kier alpha value is -3.54. The van der Waals surface area contributed by atoms with Crippen LogP contribution < -0.4 is 4.31 Å². The van der Waals surface area contributed by atoms with Crippen molar-refractivity contribution in [3.05, 3.63) is 94.5 Å². The van der Waals surface area contributed by atoms with Gasteiger partial charge in [-0.3, -0.25) is 13.9 Å². The third-order valence-corrected chi connectivity index (χ3v) is 7.42. The predicted molar refractivity (Wildman–Crippen MR) is 132 cm³/mol. The highest BCUT2D eigenvalue weighted by molar-refractivity contribution is 7.92. The van der Waals surface area contributed by atoms with Crippen LogP contribution in [0.3, 0.4) is 0 Å². The number of hydrogen-bond acceptors (Lipinski definition) is 6. The second kappa shape index (κ2) is 12.1. The van der Waals surface area contributed by atoms with Crippen molar-refractivity contribution >= 4 is 39.7 Å².